The zero-order valence-corrected chi connectivity index (χ0v) is 18.9. The van der Waals surface area contributed by atoms with Crippen LogP contribution in [0.3, 0.4) is 0 Å². The summed E-state index contributed by atoms with van der Waals surface area (Å²) >= 11 is 5.30. The lowest BCUT2D eigenvalue weighted by Gasteiger charge is -2.09. The van der Waals surface area contributed by atoms with Gasteiger partial charge in [-0.25, -0.2) is 0 Å². The molecule has 7 heteroatoms. The lowest BCUT2D eigenvalue weighted by atomic mass is 10.1. The first-order chi connectivity index (χ1) is 16.0. The molecule has 0 radical (unpaired) electrons. The Labute approximate surface area is 194 Å². The summed E-state index contributed by atoms with van der Waals surface area (Å²) in [5, 5.41) is 5.70. The van der Waals surface area contributed by atoms with Gasteiger partial charge in [-0.1, -0.05) is 24.3 Å². The van der Waals surface area contributed by atoms with E-state index in [0.717, 1.165) is 22.8 Å². The van der Waals surface area contributed by atoms with Gasteiger partial charge in [-0.05, 0) is 61.6 Å². The number of nitrogens with one attached hydrogen (secondary N) is 2. The van der Waals surface area contributed by atoms with Gasteiger partial charge in [0.1, 0.15) is 0 Å². The molecule has 0 bridgehead atoms. The number of rotatable bonds is 5. The second-order valence-electron chi connectivity index (χ2n) is 7.84. The van der Waals surface area contributed by atoms with E-state index in [0.29, 0.717) is 33.5 Å². The van der Waals surface area contributed by atoms with Crippen LogP contribution in [0, 0.1) is 4.77 Å². The number of carbonyl (C=O) groups excluding carboxylic acids is 1. The Morgan fingerprint density at radius 1 is 1.03 bits per heavy atom. The number of anilines is 1. The quantitative estimate of drug-likeness (QED) is 0.267. The van der Waals surface area contributed by atoms with E-state index >= 15 is 0 Å². The highest BCUT2D eigenvalue weighted by Crippen LogP contribution is 2.31. The van der Waals surface area contributed by atoms with Gasteiger partial charge in [-0.3, -0.25) is 14.2 Å². The number of fused-ring (bicyclic) bond motifs is 4. The van der Waals surface area contributed by atoms with Crippen molar-refractivity contribution in [2.45, 2.75) is 20.0 Å². The maximum Gasteiger partial charge on any atom is 0.262 e. The number of aromatic amines is 1. The molecule has 5 aromatic rings. The van der Waals surface area contributed by atoms with Crippen molar-refractivity contribution in [1.29, 1.82) is 0 Å². The Morgan fingerprint density at radius 2 is 1.82 bits per heavy atom. The van der Waals surface area contributed by atoms with Crippen molar-refractivity contribution in [2.75, 3.05) is 5.32 Å². The van der Waals surface area contributed by atoms with Crippen molar-refractivity contribution < 1.29 is 4.79 Å². The molecule has 164 valence electrons. The van der Waals surface area contributed by atoms with Crippen LogP contribution in [0.5, 0.6) is 0 Å². The Balaban J connectivity index is 1.52. The van der Waals surface area contributed by atoms with Crippen molar-refractivity contribution in [3.63, 3.8) is 0 Å². The van der Waals surface area contributed by atoms with Crippen molar-refractivity contribution in [3.8, 4) is 0 Å². The van der Waals surface area contributed by atoms with Crippen LogP contribution in [0.1, 0.15) is 17.3 Å². The van der Waals surface area contributed by atoms with Gasteiger partial charge in [0.2, 0.25) is 0 Å². The predicted octanol–water partition coefficient (Wildman–Crippen LogP) is 5.63. The summed E-state index contributed by atoms with van der Waals surface area (Å²) in [4.78, 5) is 28.7. The molecule has 0 saturated heterocycles. The van der Waals surface area contributed by atoms with E-state index in [9.17, 15) is 9.59 Å². The van der Waals surface area contributed by atoms with Gasteiger partial charge >= 0.3 is 0 Å². The number of hydrogen-bond acceptors (Lipinski definition) is 3. The number of amides is 1. The van der Waals surface area contributed by atoms with E-state index in [1.165, 1.54) is 10.1 Å². The molecular weight excluding hydrogens is 432 g/mol. The van der Waals surface area contributed by atoms with Crippen molar-refractivity contribution in [1.82, 2.24) is 14.1 Å². The van der Waals surface area contributed by atoms with Gasteiger partial charge in [0.15, 0.2) is 4.77 Å². The van der Waals surface area contributed by atoms with E-state index < -0.39 is 0 Å². The minimum atomic E-state index is -0.259. The summed E-state index contributed by atoms with van der Waals surface area (Å²) < 4.78 is 4.00. The normalized spacial score (nSPS) is 11.3. The molecule has 3 aromatic carbocycles. The van der Waals surface area contributed by atoms with Gasteiger partial charge < -0.3 is 14.9 Å². The molecule has 0 aliphatic heterocycles. The van der Waals surface area contributed by atoms with E-state index in [4.69, 9.17) is 12.2 Å². The summed E-state index contributed by atoms with van der Waals surface area (Å²) in [6.45, 7) is 6.97. The topological polar surface area (TPSA) is 71.8 Å². The first-order valence-electron chi connectivity index (χ1n) is 10.7. The predicted molar refractivity (Wildman–Crippen MR) is 137 cm³/mol. The van der Waals surface area contributed by atoms with Crippen LogP contribution in [-0.2, 0) is 13.1 Å². The second-order valence-corrected chi connectivity index (χ2v) is 8.23. The minimum Gasteiger partial charge on any atom is -0.341 e. The average Bonchev–Trinajstić information content (AvgIpc) is 3.14. The van der Waals surface area contributed by atoms with E-state index in [2.05, 4.69) is 40.5 Å². The summed E-state index contributed by atoms with van der Waals surface area (Å²) in [7, 11) is 0. The highest BCUT2D eigenvalue weighted by atomic mass is 32.1. The van der Waals surface area contributed by atoms with Crippen molar-refractivity contribution in [2.24, 2.45) is 0 Å². The summed E-state index contributed by atoms with van der Waals surface area (Å²) in [5.41, 5.74) is 3.76. The van der Waals surface area contributed by atoms with Gasteiger partial charge in [-0.2, -0.15) is 0 Å². The van der Waals surface area contributed by atoms with Crippen LogP contribution in [0.2, 0.25) is 0 Å². The number of H-pyrrole nitrogens is 1. The largest absolute Gasteiger partial charge is 0.341 e. The first kappa shape index (κ1) is 20.9. The highest BCUT2D eigenvalue weighted by Gasteiger charge is 2.13. The van der Waals surface area contributed by atoms with Crippen LogP contribution in [-0.4, -0.2) is 20.0 Å². The molecule has 33 heavy (non-hydrogen) atoms. The number of allylic oxidation sites excluding steroid dienone is 1. The lowest BCUT2D eigenvalue weighted by molar-refractivity contribution is 0.102. The zero-order chi connectivity index (χ0) is 23.1. The summed E-state index contributed by atoms with van der Waals surface area (Å²) in [6.07, 6.45) is 1.62. The Bertz CT molecular complexity index is 1690. The average molecular weight is 455 g/mol. The molecule has 0 spiro atoms. The van der Waals surface area contributed by atoms with Gasteiger partial charge in [0.25, 0.3) is 11.5 Å². The molecule has 0 saturated carbocycles. The number of carbonyl (C=O) groups is 1. The van der Waals surface area contributed by atoms with Crippen molar-refractivity contribution in [3.05, 3.63) is 94.0 Å². The standard InChI is InChI=1S/C26H22N4O2S/c1-3-13-30-25(32)19-11-9-16(14-21(19)28-26(30)33)24(31)27-17-10-12-23-20(15-17)18-7-5-6-8-22(18)29(23)4-2/h3,5-12,14-15H,1,4,13H2,2H3,(H,27,31)(H,28,33). The number of benzene rings is 3. The lowest BCUT2D eigenvalue weighted by Crippen LogP contribution is -2.22. The number of aryl methyl sites for hydroxylation is 1. The van der Waals surface area contributed by atoms with Crippen molar-refractivity contribution >= 4 is 56.5 Å². The van der Waals surface area contributed by atoms with E-state index in [1.807, 2.05) is 30.3 Å². The molecule has 6 nitrogen and oxygen atoms in total. The fraction of sp³-hybridized carbons (Fsp3) is 0.115. The Kier molecular flexibility index (Phi) is 5.18. The third-order valence-electron chi connectivity index (χ3n) is 5.90. The molecule has 2 aromatic heterocycles. The van der Waals surface area contributed by atoms with Gasteiger partial charge in [0.05, 0.1) is 10.9 Å². The maximum absolute atomic E-state index is 13.0. The number of nitrogens with zero attached hydrogens (tertiary/aromatic N) is 2. The highest BCUT2D eigenvalue weighted by molar-refractivity contribution is 7.71. The smallest absolute Gasteiger partial charge is 0.262 e. The fourth-order valence-electron chi connectivity index (χ4n) is 4.37. The van der Waals surface area contributed by atoms with E-state index in [1.54, 1.807) is 24.3 Å². The third-order valence-corrected chi connectivity index (χ3v) is 6.22. The summed E-state index contributed by atoms with van der Waals surface area (Å²) in [5.74, 6) is -0.259. The number of aromatic nitrogens is 3. The monoisotopic (exact) mass is 454 g/mol. The van der Waals surface area contributed by atoms with Gasteiger partial charge in [0, 0.05) is 46.1 Å². The molecule has 1 amide bonds. The van der Waals surface area contributed by atoms with Crippen LogP contribution >= 0.6 is 12.2 Å². The van der Waals surface area contributed by atoms with Crippen LogP contribution in [0.25, 0.3) is 32.7 Å². The Hall–Kier alpha value is -3.97. The second kappa shape index (κ2) is 8.18. The van der Waals surface area contributed by atoms with Crippen LogP contribution in [0.15, 0.2) is 78.1 Å². The molecule has 5 rings (SSSR count). The van der Waals surface area contributed by atoms with Crippen LogP contribution in [0.4, 0.5) is 5.69 Å². The molecule has 0 aliphatic rings. The van der Waals surface area contributed by atoms with E-state index in [-0.39, 0.29) is 11.5 Å². The maximum atomic E-state index is 13.0. The Morgan fingerprint density at radius 3 is 2.61 bits per heavy atom. The first-order valence-corrected chi connectivity index (χ1v) is 11.1. The zero-order valence-electron chi connectivity index (χ0n) is 18.1. The van der Waals surface area contributed by atoms with Gasteiger partial charge in [-0.15, -0.1) is 6.58 Å². The molecule has 0 unspecified atom stereocenters. The third kappa shape index (κ3) is 3.47. The fourth-order valence-corrected chi connectivity index (χ4v) is 4.63. The molecule has 2 heterocycles. The number of hydrogen-bond donors (Lipinski definition) is 2. The molecular formula is C26H22N4O2S. The molecule has 0 aliphatic carbocycles. The summed E-state index contributed by atoms with van der Waals surface area (Å²) in [6, 6.07) is 19.2. The van der Waals surface area contributed by atoms with Crippen LogP contribution < -0.4 is 10.9 Å². The molecule has 0 atom stereocenters. The minimum absolute atomic E-state index is 0.210. The number of para-hydroxylation sites is 1. The molecule has 2 N–H and O–H groups in total. The molecule has 0 fully saturated rings. The SMILES string of the molecule is C=CCn1c(=S)[nH]c2cc(C(=O)Nc3ccc4c(c3)c3ccccc3n4CC)ccc2c1=O.